The largest absolute Gasteiger partial charge is 0.436 e. The maximum Gasteiger partial charge on any atom is 0.237 e. The Bertz CT molecular complexity index is 802. The molecule has 1 aliphatic rings. The molecule has 0 spiro atoms. The standard InChI is InChI=1S/C16H10FN3O/c17-13-4-2-6-15(12(13)9-19)21-16-11(8-18)7-10-3-1-5-14(10)20-16/h2,4,6-7H,1,3,5H2. The number of nitrogens with zero attached hydrogens (tertiary/aromatic N) is 3. The molecule has 5 heteroatoms. The molecule has 0 saturated carbocycles. The highest BCUT2D eigenvalue weighted by molar-refractivity contribution is 5.49. The molecule has 1 heterocycles. The van der Waals surface area contributed by atoms with Crippen molar-refractivity contribution in [1.82, 2.24) is 4.98 Å². The van der Waals surface area contributed by atoms with Gasteiger partial charge in [-0.15, -0.1) is 0 Å². The van der Waals surface area contributed by atoms with E-state index in [-0.39, 0.29) is 17.2 Å². The van der Waals surface area contributed by atoms with Gasteiger partial charge in [0.2, 0.25) is 5.88 Å². The van der Waals surface area contributed by atoms with Crippen molar-refractivity contribution in [3.63, 3.8) is 0 Å². The Morgan fingerprint density at radius 3 is 2.81 bits per heavy atom. The number of nitriles is 2. The molecular weight excluding hydrogens is 269 g/mol. The van der Waals surface area contributed by atoms with Crippen LogP contribution in [0.2, 0.25) is 0 Å². The van der Waals surface area contributed by atoms with Gasteiger partial charge in [-0.25, -0.2) is 9.37 Å². The molecule has 0 saturated heterocycles. The monoisotopic (exact) mass is 279 g/mol. The highest BCUT2D eigenvalue weighted by Crippen LogP contribution is 2.31. The van der Waals surface area contributed by atoms with Crippen LogP contribution in [-0.4, -0.2) is 4.98 Å². The van der Waals surface area contributed by atoms with Gasteiger partial charge in [0.15, 0.2) is 0 Å². The van der Waals surface area contributed by atoms with Crippen LogP contribution in [0, 0.1) is 28.5 Å². The zero-order valence-corrected chi connectivity index (χ0v) is 11.1. The summed E-state index contributed by atoms with van der Waals surface area (Å²) in [5.74, 6) is -0.464. The first-order valence-electron chi connectivity index (χ1n) is 6.52. The van der Waals surface area contributed by atoms with Crippen molar-refractivity contribution >= 4 is 0 Å². The van der Waals surface area contributed by atoms with E-state index in [1.807, 2.05) is 6.07 Å². The van der Waals surface area contributed by atoms with Crippen molar-refractivity contribution in [1.29, 1.82) is 10.5 Å². The first-order valence-corrected chi connectivity index (χ1v) is 6.52. The summed E-state index contributed by atoms with van der Waals surface area (Å²) < 4.78 is 19.1. The third-order valence-corrected chi connectivity index (χ3v) is 3.43. The molecule has 0 bridgehead atoms. The van der Waals surface area contributed by atoms with Gasteiger partial charge in [0.25, 0.3) is 0 Å². The number of ether oxygens (including phenoxy) is 1. The number of hydrogen-bond acceptors (Lipinski definition) is 4. The van der Waals surface area contributed by atoms with Crippen molar-refractivity contribution < 1.29 is 9.13 Å². The number of hydrogen-bond donors (Lipinski definition) is 0. The van der Waals surface area contributed by atoms with E-state index < -0.39 is 5.82 Å². The summed E-state index contributed by atoms with van der Waals surface area (Å²) in [7, 11) is 0. The summed E-state index contributed by atoms with van der Waals surface area (Å²) in [6, 6.07) is 9.68. The fourth-order valence-electron chi connectivity index (χ4n) is 2.41. The molecule has 1 aliphatic carbocycles. The number of aromatic nitrogens is 1. The minimum absolute atomic E-state index is 0.0689. The molecule has 0 aliphatic heterocycles. The van der Waals surface area contributed by atoms with Gasteiger partial charge < -0.3 is 4.74 Å². The Morgan fingerprint density at radius 2 is 2.05 bits per heavy atom. The van der Waals surface area contributed by atoms with Crippen molar-refractivity contribution in [3.8, 4) is 23.8 Å². The number of aryl methyl sites for hydroxylation is 2. The summed E-state index contributed by atoms with van der Waals surface area (Å²) in [6.07, 6.45) is 2.74. The SMILES string of the molecule is N#Cc1cc2c(nc1Oc1cccc(F)c1C#N)CCC2. The van der Waals surface area contributed by atoms with Gasteiger partial charge in [0.1, 0.15) is 34.8 Å². The van der Waals surface area contributed by atoms with Crippen LogP contribution in [0.1, 0.15) is 28.8 Å². The molecule has 1 aromatic heterocycles. The Hall–Kier alpha value is -2.92. The van der Waals surface area contributed by atoms with Crippen molar-refractivity contribution in [2.24, 2.45) is 0 Å². The average molecular weight is 279 g/mol. The van der Waals surface area contributed by atoms with E-state index in [0.29, 0.717) is 5.56 Å². The fourth-order valence-corrected chi connectivity index (χ4v) is 2.41. The number of pyridine rings is 1. The van der Waals surface area contributed by atoms with Crippen LogP contribution in [0.3, 0.4) is 0 Å². The van der Waals surface area contributed by atoms with Crippen molar-refractivity contribution in [3.05, 3.63) is 52.5 Å². The molecular formula is C16H10FN3O. The van der Waals surface area contributed by atoms with E-state index in [0.717, 1.165) is 30.5 Å². The van der Waals surface area contributed by atoms with E-state index in [2.05, 4.69) is 4.98 Å². The highest BCUT2D eigenvalue weighted by Gasteiger charge is 2.19. The average Bonchev–Trinajstić information content (AvgIpc) is 2.94. The van der Waals surface area contributed by atoms with Gasteiger partial charge in [-0.3, -0.25) is 0 Å². The van der Waals surface area contributed by atoms with Gasteiger partial charge in [-0.05, 0) is 43.0 Å². The van der Waals surface area contributed by atoms with Crippen LogP contribution < -0.4 is 4.74 Å². The highest BCUT2D eigenvalue weighted by atomic mass is 19.1. The Balaban J connectivity index is 2.05. The fraction of sp³-hybridized carbons (Fsp3) is 0.188. The van der Waals surface area contributed by atoms with E-state index in [4.69, 9.17) is 10.00 Å². The smallest absolute Gasteiger partial charge is 0.237 e. The Morgan fingerprint density at radius 1 is 1.19 bits per heavy atom. The summed E-state index contributed by atoms with van der Waals surface area (Å²) in [4.78, 5) is 4.35. The summed E-state index contributed by atoms with van der Waals surface area (Å²) >= 11 is 0. The molecule has 0 unspecified atom stereocenters. The Labute approximate surface area is 121 Å². The van der Waals surface area contributed by atoms with Gasteiger partial charge in [0.05, 0.1) is 0 Å². The molecule has 0 fully saturated rings. The van der Waals surface area contributed by atoms with Gasteiger partial charge in [-0.2, -0.15) is 10.5 Å². The van der Waals surface area contributed by atoms with E-state index in [1.165, 1.54) is 18.2 Å². The first kappa shape index (κ1) is 13.1. The predicted molar refractivity (Wildman–Crippen MR) is 72.2 cm³/mol. The van der Waals surface area contributed by atoms with Crippen LogP contribution in [0.15, 0.2) is 24.3 Å². The molecule has 1 aromatic carbocycles. The molecule has 21 heavy (non-hydrogen) atoms. The number of halogens is 1. The molecule has 0 radical (unpaired) electrons. The molecule has 2 aromatic rings. The lowest BCUT2D eigenvalue weighted by Crippen LogP contribution is -1.99. The predicted octanol–water partition coefficient (Wildman–Crippen LogP) is 3.25. The van der Waals surface area contributed by atoms with Crippen molar-refractivity contribution in [2.45, 2.75) is 19.3 Å². The third kappa shape index (κ3) is 2.30. The van der Waals surface area contributed by atoms with Crippen molar-refractivity contribution in [2.75, 3.05) is 0 Å². The van der Waals surface area contributed by atoms with Crippen LogP contribution in [-0.2, 0) is 12.8 Å². The molecule has 102 valence electrons. The second-order valence-corrected chi connectivity index (χ2v) is 4.74. The van der Waals surface area contributed by atoms with Crippen LogP contribution in [0.25, 0.3) is 0 Å². The summed E-state index contributed by atoms with van der Waals surface area (Å²) in [5.41, 5.74) is 2.06. The lowest BCUT2D eigenvalue weighted by Gasteiger charge is -2.10. The second kappa shape index (κ2) is 5.22. The van der Waals surface area contributed by atoms with Gasteiger partial charge in [0, 0.05) is 5.69 Å². The maximum atomic E-state index is 13.6. The third-order valence-electron chi connectivity index (χ3n) is 3.43. The van der Waals surface area contributed by atoms with Crippen LogP contribution in [0.5, 0.6) is 11.6 Å². The molecule has 0 amide bonds. The second-order valence-electron chi connectivity index (χ2n) is 4.74. The minimum atomic E-state index is -0.658. The molecule has 4 nitrogen and oxygen atoms in total. The molecule has 0 N–H and O–H groups in total. The topological polar surface area (TPSA) is 69.7 Å². The first-order chi connectivity index (χ1) is 10.2. The normalized spacial score (nSPS) is 12.3. The minimum Gasteiger partial charge on any atom is -0.436 e. The van der Waals surface area contributed by atoms with Crippen LogP contribution in [0.4, 0.5) is 4.39 Å². The van der Waals surface area contributed by atoms with Crippen LogP contribution >= 0.6 is 0 Å². The summed E-state index contributed by atoms with van der Waals surface area (Å²) in [5, 5.41) is 18.2. The van der Waals surface area contributed by atoms with E-state index in [9.17, 15) is 9.65 Å². The zero-order valence-electron chi connectivity index (χ0n) is 11.1. The maximum absolute atomic E-state index is 13.6. The number of fused-ring (bicyclic) bond motifs is 1. The summed E-state index contributed by atoms with van der Waals surface area (Å²) in [6.45, 7) is 0. The van der Waals surface area contributed by atoms with E-state index in [1.54, 1.807) is 12.1 Å². The Kier molecular flexibility index (Phi) is 3.25. The lowest BCUT2D eigenvalue weighted by molar-refractivity contribution is 0.452. The zero-order chi connectivity index (χ0) is 14.8. The molecule has 3 rings (SSSR count). The van der Waals surface area contributed by atoms with E-state index >= 15 is 0 Å². The molecule has 0 atom stereocenters. The quantitative estimate of drug-likeness (QED) is 0.846. The lowest BCUT2D eigenvalue weighted by atomic mass is 10.1. The number of benzene rings is 1. The van der Waals surface area contributed by atoms with Gasteiger partial charge >= 0.3 is 0 Å². The van der Waals surface area contributed by atoms with Gasteiger partial charge in [-0.1, -0.05) is 6.07 Å². The number of rotatable bonds is 2.